The topological polar surface area (TPSA) is 84.4 Å². The van der Waals surface area contributed by atoms with Crippen molar-refractivity contribution in [1.29, 1.82) is 0 Å². The quantitative estimate of drug-likeness (QED) is 0.258. The number of amides is 1. The van der Waals surface area contributed by atoms with Crippen LogP contribution >= 0.6 is 24.0 Å². The van der Waals surface area contributed by atoms with Crippen LogP contribution in [0.25, 0.3) is 0 Å². The zero-order valence-corrected chi connectivity index (χ0v) is 18.4. The fourth-order valence-electron chi connectivity index (χ4n) is 2.31. The maximum Gasteiger partial charge on any atom is 0.241 e. The Balaban J connectivity index is 0.00000364. The van der Waals surface area contributed by atoms with Crippen molar-refractivity contribution in [1.82, 2.24) is 15.5 Å². The van der Waals surface area contributed by atoms with Crippen molar-refractivity contribution < 1.29 is 19.0 Å². The van der Waals surface area contributed by atoms with Gasteiger partial charge in [-0.2, -0.15) is 0 Å². The van der Waals surface area contributed by atoms with Crippen LogP contribution in [-0.2, 0) is 16.1 Å². The Bertz CT molecular complexity index is 625. The number of benzene rings is 1. The average Bonchev–Trinajstić information content (AvgIpc) is 2.89. The van der Waals surface area contributed by atoms with E-state index in [4.69, 9.17) is 14.2 Å². The van der Waals surface area contributed by atoms with Gasteiger partial charge in [-0.25, -0.2) is 4.99 Å². The summed E-state index contributed by atoms with van der Waals surface area (Å²) >= 11 is 0. The molecule has 0 saturated carbocycles. The van der Waals surface area contributed by atoms with Crippen LogP contribution in [0.1, 0.15) is 12.0 Å². The summed E-state index contributed by atoms with van der Waals surface area (Å²) in [5.41, 5.74) is 0.941. The summed E-state index contributed by atoms with van der Waals surface area (Å²) in [6.07, 6.45) is 0.857. The van der Waals surface area contributed by atoms with Crippen LogP contribution in [0.2, 0.25) is 0 Å². The molecule has 1 heterocycles. The number of likely N-dealkylation sites (N-methyl/N-ethyl adjacent to an activating group) is 1. The molecule has 27 heavy (non-hydrogen) atoms. The summed E-state index contributed by atoms with van der Waals surface area (Å²) in [4.78, 5) is 17.9. The van der Waals surface area contributed by atoms with Gasteiger partial charge in [-0.3, -0.25) is 4.79 Å². The molecule has 2 N–H and O–H groups in total. The van der Waals surface area contributed by atoms with Crippen LogP contribution in [0.3, 0.4) is 0 Å². The van der Waals surface area contributed by atoms with Crippen LogP contribution in [0.5, 0.6) is 11.5 Å². The molecule has 1 aromatic carbocycles. The molecule has 0 atom stereocenters. The normalized spacial score (nSPS) is 13.2. The molecular weight excluding hydrogens is 463 g/mol. The third kappa shape index (κ3) is 7.79. The van der Waals surface area contributed by atoms with Crippen molar-refractivity contribution in [2.45, 2.75) is 13.0 Å². The molecule has 0 saturated heterocycles. The molecule has 1 aliphatic rings. The maximum absolute atomic E-state index is 11.8. The molecule has 0 fully saturated rings. The summed E-state index contributed by atoms with van der Waals surface area (Å²) in [6, 6.07) is 5.80. The number of fused-ring (bicyclic) bond motifs is 1. The summed E-state index contributed by atoms with van der Waals surface area (Å²) in [5.74, 6) is 2.01. The van der Waals surface area contributed by atoms with Crippen molar-refractivity contribution in [2.24, 2.45) is 4.99 Å². The number of hydrogen-bond donors (Lipinski definition) is 2. The summed E-state index contributed by atoms with van der Waals surface area (Å²) in [7, 11) is 5.07. The van der Waals surface area contributed by atoms with Crippen LogP contribution in [0.4, 0.5) is 0 Å². The van der Waals surface area contributed by atoms with Gasteiger partial charge in [0.1, 0.15) is 0 Å². The van der Waals surface area contributed by atoms with Gasteiger partial charge in [-0.1, -0.05) is 12.1 Å². The van der Waals surface area contributed by atoms with Gasteiger partial charge in [-0.05, 0) is 6.07 Å². The molecule has 0 aromatic heterocycles. The van der Waals surface area contributed by atoms with Gasteiger partial charge in [-0.15, -0.1) is 24.0 Å². The molecule has 9 heteroatoms. The number of rotatable bonds is 7. The van der Waals surface area contributed by atoms with E-state index >= 15 is 0 Å². The highest BCUT2D eigenvalue weighted by molar-refractivity contribution is 14.0. The minimum atomic E-state index is -0.0310. The SMILES string of the molecule is COCCNC(=NCc1cccc2c1OCCCO2)NCC(=O)N(C)C.I. The number of ether oxygens (including phenoxy) is 3. The fraction of sp³-hybridized carbons (Fsp3) is 0.556. The summed E-state index contributed by atoms with van der Waals surface area (Å²) in [5, 5.41) is 6.19. The molecule has 0 unspecified atom stereocenters. The van der Waals surface area contributed by atoms with E-state index < -0.39 is 0 Å². The largest absolute Gasteiger partial charge is 0.490 e. The number of aliphatic imine (C=N–C) groups is 1. The van der Waals surface area contributed by atoms with Gasteiger partial charge in [0.15, 0.2) is 17.5 Å². The van der Waals surface area contributed by atoms with E-state index in [1.165, 1.54) is 4.90 Å². The highest BCUT2D eigenvalue weighted by atomic mass is 127. The lowest BCUT2D eigenvalue weighted by molar-refractivity contribution is -0.127. The highest BCUT2D eigenvalue weighted by Crippen LogP contribution is 2.33. The minimum Gasteiger partial charge on any atom is -0.490 e. The number of para-hydroxylation sites is 1. The van der Waals surface area contributed by atoms with E-state index in [0.29, 0.717) is 38.9 Å². The van der Waals surface area contributed by atoms with Gasteiger partial charge in [0, 0.05) is 39.7 Å². The van der Waals surface area contributed by atoms with Gasteiger partial charge < -0.3 is 29.7 Å². The molecule has 0 radical (unpaired) electrons. The van der Waals surface area contributed by atoms with Crippen molar-refractivity contribution in [3.8, 4) is 11.5 Å². The van der Waals surface area contributed by atoms with Crippen LogP contribution in [0.15, 0.2) is 23.2 Å². The Labute approximate surface area is 177 Å². The van der Waals surface area contributed by atoms with Crippen molar-refractivity contribution >= 4 is 35.8 Å². The lowest BCUT2D eigenvalue weighted by Gasteiger charge is -2.15. The van der Waals surface area contributed by atoms with E-state index in [-0.39, 0.29) is 36.4 Å². The predicted octanol–water partition coefficient (Wildman–Crippen LogP) is 1.24. The van der Waals surface area contributed by atoms with Gasteiger partial charge >= 0.3 is 0 Å². The van der Waals surface area contributed by atoms with Crippen molar-refractivity contribution in [3.05, 3.63) is 23.8 Å². The van der Waals surface area contributed by atoms with Crippen LogP contribution in [-0.4, -0.2) is 70.9 Å². The molecule has 1 aromatic rings. The second kappa shape index (κ2) is 12.6. The van der Waals surface area contributed by atoms with E-state index in [1.807, 2.05) is 18.2 Å². The fourth-order valence-corrected chi connectivity index (χ4v) is 2.31. The molecule has 1 amide bonds. The molecule has 2 rings (SSSR count). The number of carbonyl (C=O) groups excluding carboxylic acids is 1. The summed E-state index contributed by atoms with van der Waals surface area (Å²) in [6.45, 7) is 2.98. The number of nitrogens with one attached hydrogen (secondary N) is 2. The standard InChI is InChI=1S/C18H28N4O4.HI/c1-22(2)16(23)13-21-18(19-8-11-24-3)20-12-14-6-4-7-15-17(14)26-10-5-9-25-15;/h4,6-7H,5,8-13H2,1-3H3,(H2,19,20,21);1H. The van der Waals surface area contributed by atoms with Gasteiger partial charge in [0.25, 0.3) is 0 Å². The third-order valence-corrected chi connectivity index (χ3v) is 3.77. The monoisotopic (exact) mass is 492 g/mol. The average molecular weight is 492 g/mol. The third-order valence-electron chi connectivity index (χ3n) is 3.77. The Morgan fingerprint density at radius 3 is 2.78 bits per heavy atom. The van der Waals surface area contributed by atoms with E-state index in [0.717, 1.165) is 23.5 Å². The van der Waals surface area contributed by atoms with Crippen LogP contribution < -0.4 is 20.1 Å². The second-order valence-corrected chi connectivity index (χ2v) is 6.02. The number of carbonyl (C=O) groups is 1. The van der Waals surface area contributed by atoms with Crippen molar-refractivity contribution in [3.63, 3.8) is 0 Å². The Hall–Kier alpha value is -1.75. The molecule has 0 spiro atoms. The summed E-state index contributed by atoms with van der Waals surface area (Å²) < 4.78 is 16.6. The number of hydrogen-bond acceptors (Lipinski definition) is 5. The zero-order valence-electron chi connectivity index (χ0n) is 16.1. The first-order valence-corrected chi connectivity index (χ1v) is 8.70. The van der Waals surface area contributed by atoms with Crippen molar-refractivity contribution in [2.75, 3.05) is 54.1 Å². The molecule has 152 valence electrons. The van der Waals surface area contributed by atoms with Gasteiger partial charge in [0.2, 0.25) is 5.91 Å². The lowest BCUT2D eigenvalue weighted by atomic mass is 10.2. The highest BCUT2D eigenvalue weighted by Gasteiger charge is 2.14. The molecule has 0 bridgehead atoms. The van der Waals surface area contributed by atoms with E-state index in [1.54, 1.807) is 21.2 Å². The first-order valence-electron chi connectivity index (χ1n) is 8.70. The van der Waals surface area contributed by atoms with E-state index in [2.05, 4.69) is 15.6 Å². The zero-order chi connectivity index (χ0) is 18.8. The molecule has 8 nitrogen and oxygen atoms in total. The Morgan fingerprint density at radius 2 is 2.04 bits per heavy atom. The first kappa shape index (κ1) is 23.3. The first-order chi connectivity index (χ1) is 12.6. The smallest absolute Gasteiger partial charge is 0.241 e. The van der Waals surface area contributed by atoms with Gasteiger partial charge in [0.05, 0.1) is 32.9 Å². The number of guanidine groups is 1. The van der Waals surface area contributed by atoms with E-state index in [9.17, 15) is 4.79 Å². The maximum atomic E-state index is 11.8. The number of halogens is 1. The predicted molar refractivity (Wildman–Crippen MR) is 115 cm³/mol. The number of methoxy groups -OCH3 is 1. The second-order valence-electron chi connectivity index (χ2n) is 6.02. The number of nitrogens with zero attached hydrogens (tertiary/aromatic N) is 2. The molecule has 0 aliphatic carbocycles. The Kier molecular flexibility index (Phi) is 10.9. The minimum absolute atomic E-state index is 0. The molecular formula is C18H29IN4O4. The molecule has 1 aliphatic heterocycles. The van der Waals surface area contributed by atoms with Crippen LogP contribution in [0, 0.1) is 0 Å². The lowest BCUT2D eigenvalue weighted by Crippen LogP contribution is -2.43. The Morgan fingerprint density at radius 1 is 1.26 bits per heavy atom.